The van der Waals surface area contributed by atoms with Gasteiger partial charge in [-0.1, -0.05) is 56.3 Å². The Morgan fingerprint density at radius 2 is 1.94 bits per heavy atom. The van der Waals surface area contributed by atoms with Crippen LogP contribution in [0.2, 0.25) is 0 Å². The number of nitrogens with zero attached hydrogens (tertiary/aromatic N) is 3. The Hall–Kier alpha value is -3.19. The molecule has 1 fully saturated rings. The van der Waals surface area contributed by atoms with E-state index >= 15 is 0 Å². The quantitative estimate of drug-likeness (QED) is 0.473. The summed E-state index contributed by atoms with van der Waals surface area (Å²) in [6.07, 6.45) is 1.94. The molecular formula is C26H30FN3O3. The number of ether oxygens (including phenoxy) is 2. The van der Waals surface area contributed by atoms with Crippen molar-refractivity contribution in [3.05, 3.63) is 66.0 Å². The largest absolute Gasteiger partial charge is 0.436 e. The summed E-state index contributed by atoms with van der Waals surface area (Å²) in [5, 5.41) is 4.70. The predicted molar refractivity (Wildman–Crippen MR) is 124 cm³/mol. The molecule has 6 nitrogen and oxygen atoms in total. The highest BCUT2D eigenvalue weighted by Gasteiger charge is 2.29. The summed E-state index contributed by atoms with van der Waals surface area (Å²) >= 11 is 0. The normalized spacial score (nSPS) is 15.7. The van der Waals surface area contributed by atoms with Gasteiger partial charge in [-0.05, 0) is 25.0 Å². The Morgan fingerprint density at radius 3 is 2.61 bits per heavy atom. The minimum Gasteiger partial charge on any atom is -0.436 e. The van der Waals surface area contributed by atoms with E-state index in [9.17, 15) is 9.18 Å². The molecule has 7 heteroatoms. The second-order valence-corrected chi connectivity index (χ2v) is 8.66. The number of amides is 1. The van der Waals surface area contributed by atoms with Crippen molar-refractivity contribution in [1.29, 1.82) is 0 Å². The molecule has 0 unspecified atom stereocenters. The lowest BCUT2D eigenvalue weighted by molar-refractivity contribution is -0.136. The highest BCUT2D eigenvalue weighted by Crippen LogP contribution is 2.35. The van der Waals surface area contributed by atoms with Gasteiger partial charge in [0.25, 0.3) is 0 Å². The fourth-order valence-corrected chi connectivity index (χ4v) is 4.10. The number of hydrogen-bond acceptors (Lipinski definition) is 4. The van der Waals surface area contributed by atoms with Gasteiger partial charge in [-0.25, -0.2) is 9.07 Å². The summed E-state index contributed by atoms with van der Waals surface area (Å²) < 4.78 is 27.9. The van der Waals surface area contributed by atoms with Crippen LogP contribution in [0.5, 0.6) is 11.6 Å². The van der Waals surface area contributed by atoms with E-state index in [1.165, 1.54) is 6.07 Å². The van der Waals surface area contributed by atoms with E-state index in [4.69, 9.17) is 14.6 Å². The molecule has 33 heavy (non-hydrogen) atoms. The standard InChI is InChI=1S/C26H30FN3O3/c1-18(2)25(31)30(16-20-12-9-15-32-20)17-21-24(19-10-5-4-6-11-19)28-29(3)26(21)33-23-14-8-7-13-22(23)27/h4-8,10-11,13-14,18,20H,9,12,15-17H2,1-3H3/t20-/m1/s1. The highest BCUT2D eigenvalue weighted by atomic mass is 19.1. The molecule has 2 aromatic carbocycles. The van der Waals surface area contributed by atoms with Crippen LogP contribution < -0.4 is 4.74 Å². The summed E-state index contributed by atoms with van der Waals surface area (Å²) in [6.45, 7) is 5.29. The fraction of sp³-hybridized carbons (Fsp3) is 0.385. The zero-order valence-corrected chi connectivity index (χ0v) is 19.3. The van der Waals surface area contributed by atoms with Crippen molar-refractivity contribution in [2.45, 2.75) is 39.3 Å². The molecule has 4 rings (SSSR count). The highest BCUT2D eigenvalue weighted by molar-refractivity contribution is 5.78. The Bertz CT molecular complexity index is 1090. The number of rotatable bonds is 8. The molecule has 0 spiro atoms. The zero-order valence-electron chi connectivity index (χ0n) is 19.3. The smallest absolute Gasteiger partial charge is 0.225 e. The first kappa shape index (κ1) is 23.0. The third-order valence-electron chi connectivity index (χ3n) is 5.78. The van der Waals surface area contributed by atoms with Gasteiger partial charge in [0.1, 0.15) is 5.69 Å². The SMILES string of the molecule is CC(C)C(=O)N(Cc1c(-c2ccccc2)nn(C)c1Oc1ccccc1F)C[C@H]1CCCO1. The maximum absolute atomic E-state index is 14.4. The number of hydrogen-bond donors (Lipinski definition) is 0. The Labute approximate surface area is 193 Å². The number of benzene rings is 2. The van der Waals surface area contributed by atoms with Crippen LogP contribution in [-0.4, -0.2) is 39.8 Å². The Kier molecular flexibility index (Phi) is 7.08. The lowest BCUT2D eigenvalue weighted by atomic mass is 10.1. The number of aryl methyl sites for hydroxylation is 1. The topological polar surface area (TPSA) is 56.6 Å². The van der Waals surface area contributed by atoms with E-state index in [-0.39, 0.29) is 23.7 Å². The summed E-state index contributed by atoms with van der Waals surface area (Å²) in [7, 11) is 1.76. The monoisotopic (exact) mass is 451 g/mol. The molecule has 1 atom stereocenters. The Morgan fingerprint density at radius 1 is 1.21 bits per heavy atom. The average molecular weight is 452 g/mol. The number of carbonyl (C=O) groups is 1. The van der Waals surface area contributed by atoms with Gasteiger partial charge in [-0.2, -0.15) is 5.10 Å². The molecule has 1 saturated heterocycles. The molecule has 1 aromatic heterocycles. The minimum absolute atomic E-state index is 0.0143. The van der Waals surface area contributed by atoms with Gasteiger partial charge in [-0.3, -0.25) is 4.79 Å². The van der Waals surface area contributed by atoms with Gasteiger partial charge in [0.15, 0.2) is 11.6 Å². The predicted octanol–water partition coefficient (Wildman–Crippen LogP) is 5.18. The van der Waals surface area contributed by atoms with Crippen molar-refractivity contribution in [1.82, 2.24) is 14.7 Å². The van der Waals surface area contributed by atoms with Crippen LogP contribution in [0.15, 0.2) is 54.6 Å². The van der Waals surface area contributed by atoms with Crippen molar-refractivity contribution < 1.29 is 18.7 Å². The van der Waals surface area contributed by atoms with Gasteiger partial charge < -0.3 is 14.4 Å². The molecule has 3 aromatic rings. The molecule has 0 radical (unpaired) electrons. The summed E-state index contributed by atoms with van der Waals surface area (Å²) in [4.78, 5) is 15.0. The number of para-hydroxylation sites is 1. The minimum atomic E-state index is -0.458. The van der Waals surface area contributed by atoms with E-state index in [1.54, 1.807) is 29.9 Å². The second kappa shape index (κ2) is 10.2. The number of halogens is 1. The first-order valence-corrected chi connectivity index (χ1v) is 11.4. The molecule has 0 N–H and O–H groups in total. The molecule has 1 aliphatic rings. The van der Waals surface area contributed by atoms with Crippen LogP contribution in [-0.2, 0) is 23.1 Å². The first-order valence-electron chi connectivity index (χ1n) is 11.4. The summed E-state index contributed by atoms with van der Waals surface area (Å²) in [5.74, 6) is -0.0696. The van der Waals surface area contributed by atoms with Crippen LogP contribution in [0, 0.1) is 11.7 Å². The number of aromatic nitrogens is 2. The molecule has 0 saturated carbocycles. The maximum atomic E-state index is 14.4. The van der Waals surface area contributed by atoms with E-state index in [2.05, 4.69) is 0 Å². The average Bonchev–Trinajstić information content (AvgIpc) is 3.43. The zero-order chi connectivity index (χ0) is 23.4. The summed E-state index contributed by atoms with van der Waals surface area (Å²) in [5.41, 5.74) is 2.35. The van der Waals surface area contributed by atoms with E-state index in [0.29, 0.717) is 24.7 Å². The third kappa shape index (κ3) is 5.25. The lowest BCUT2D eigenvalue weighted by Gasteiger charge is -2.27. The van der Waals surface area contributed by atoms with Gasteiger partial charge in [0, 0.05) is 31.7 Å². The van der Waals surface area contributed by atoms with Gasteiger partial charge in [-0.15, -0.1) is 0 Å². The molecule has 0 aliphatic carbocycles. The molecule has 174 valence electrons. The van der Waals surface area contributed by atoms with Crippen LogP contribution in [0.4, 0.5) is 4.39 Å². The Balaban J connectivity index is 1.75. The molecule has 2 heterocycles. The van der Waals surface area contributed by atoms with Gasteiger partial charge in [0.05, 0.1) is 18.2 Å². The van der Waals surface area contributed by atoms with Crippen molar-refractivity contribution in [3.8, 4) is 22.9 Å². The van der Waals surface area contributed by atoms with Crippen molar-refractivity contribution >= 4 is 5.91 Å². The second-order valence-electron chi connectivity index (χ2n) is 8.66. The van der Waals surface area contributed by atoms with Crippen molar-refractivity contribution in [3.63, 3.8) is 0 Å². The fourth-order valence-electron chi connectivity index (χ4n) is 4.10. The van der Waals surface area contributed by atoms with Crippen LogP contribution in [0.3, 0.4) is 0 Å². The van der Waals surface area contributed by atoms with Gasteiger partial charge >= 0.3 is 0 Å². The van der Waals surface area contributed by atoms with E-state index in [0.717, 1.165) is 30.6 Å². The van der Waals surface area contributed by atoms with Gasteiger partial charge in [0.2, 0.25) is 11.8 Å². The van der Waals surface area contributed by atoms with Crippen molar-refractivity contribution in [2.24, 2.45) is 13.0 Å². The van der Waals surface area contributed by atoms with Crippen molar-refractivity contribution in [2.75, 3.05) is 13.2 Å². The first-order chi connectivity index (χ1) is 15.9. The van der Waals surface area contributed by atoms with Crippen LogP contribution >= 0.6 is 0 Å². The molecule has 0 bridgehead atoms. The lowest BCUT2D eigenvalue weighted by Crippen LogP contribution is -2.39. The van der Waals surface area contributed by atoms with Crippen LogP contribution in [0.25, 0.3) is 11.3 Å². The van der Waals surface area contributed by atoms with E-state index < -0.39 is 5.82 Å². The molecule has 1 amide bonds. The van der Waals surface area contributed by atoms with Crippen LogP contribution in [0.1, 0.15) is 32.3 Å². The molecule has 1 aliphatic heterocycles. The number of carbonyl (C=O) groups excluding carboxylic acids is 1. The maximum Gasteiger partial charge on any atom is 0.225 e. The summed E-state index contributed by atoms with van der Waals surface area (Å²) in [6, 6.07) is 16.0. The third-order valence-corrected chi connectivity index (χ3v) is 5.78. The molecular weight excluding hydrogens is 421 g/mol. The van der Waals surface area contributed by atoms with E-state index in [1.807, 2.05) is 49.1 Å².